The van der Waals surface area contributed by atoms with Crippen molar-refractivity contribution in [2.24, 2.45) is 5.92 Å². The number of likely N-dealkylation sites (tertiary alicyclic amines) is 1. The van der Waals surface area contributed by atoms with Crippen molar-refractivity contribution in [3.05, 3.63) is 100 Å². The molecule has 2 N–H and O–H groups in total. The SMILES string of the molecule is CC.CCCOC(=O)C(C)NP(=O)(Cc1ccc2sc(C(=O)NC)cc2c1)Oc1ccccc1.Cc1ccc(C2CN(C=O)C3(CC3)C2C#N)cc1.O=C1CCCC[C@H]2CCCN12. The number of carbonyl (C=O) groups excluding carboxylic acids is 4. The van der Waals surface area contributed by atoms with Crippen LogP contribution in [0.5, 0.6) is 5.75 Å². The third kappa shape index (κ3) is 12.6. The fourth-order valence-corrected chi connectivity index (χ4v) is 11.6. The fraction of sp³-hybridized carbons (Fsp3) is 0.490. The van der Waals surface area contributed by atoms with Gasteiger partial charge in [-0.2, -0.15) is 5.26 Å². The number of carbonyl (C=O) groups is 4. The van der Waals surface area contributed by atoms with Crippen LogP contribution in [0.2, 0.25) is 0 Å². The van der Waals surface area contributed by atoms with E-state index < -0.39 is 19.5 Å². The zero-order chi connectivity index (χ0) is 45.6. The van der Waals surface area contributed by atoms with Crippen molar-refractivity contribution >= 4 is 53.1 Å². The van der Waals surface area contributed by atoms with Gasteiger partial charge in [0.15, 0.2) is 0 Å². The Morgan fingerprint density at radius 2 is 1.75 bits per heavy atom. The molecule has 1 spiro atoms. The van der Waals surface area contributed by atoms with Crippen LogP contribution < -0.4 is 14.9 Å². The van der Waals surface area contributed by atoms with E-state index in [9.17, 15) is 29.0 Å². The normalized spacial score (nSPS) is 20.7. The third-order valence-electron chi connectivity index (χ3n) is 12.0. The summed E-state index contributed by atoms with van der Waals surface area (Å²) in [6, 6.07) is 26.9. The fourth-order valence-electron chi connectivity index (χ4n) is 8.61. The van der Waals surface area contributed by atoms with Crippen molar-refractivity contribution in [1.82, 2.24) is 20.2 Å². The van der Waals surface area contributed by atoms with Crippen molar-refractivity contribution in [2.75, 3.05) is 26.7 Å². The number of esters is 1. The highest BCUT2D eigenvalue weighted by molar-refractivity contribution is 7.56. The number of nitriles is 1. The number of thiophene rings is 1. The lowest BCUT2D eigenvalue weighted by Gasteiger charge is -2.24. The van der Waals surface area contributed by atoms with Crippen LogP contribution in [0.3, 0.4) is 0 Å². The number of fused-ring (bicyclic) bond motifs is 2. The number of nitrogens with one attached hydrogen (secondary N) is 2. The maximum atomic E-state index is 13.8. The van der Waals surface area contributed by atoms with Gasteiger partial charge in [0, 0.05) is 43.2 Å². The van der Waals surface area contributed by atoms with E-state index in [4.69, 9.17) is 9.26 Å². The molecule has 4 aliphatic rings. The Morgan fingerprint density at radius 1 is 1.03 bits per heavy atom. The number of hydrogen-bond donors (Lipinski definition) is 2. The maximum absolute atomic E-state index is 13.8. The second-order valence-corrected chi connectivity index (χ2v) is 19.6. The predicted molar refractivity (Wildman–Crippen MR) is 250 cm³/mol. The minimum absolute atomic E-state index is 0.0505. The first kappa shape index (κ1) is 49.0. The van der Waals surface area contributed by atoms with Crippen LogP contribution >= 0.6 is 18.9 Å². The van der Waals surface area contributed by atoms with E-state index in [1.165, 1.54) is 48.1 Å². The predicted octanol–water partition coefficient (Wildman–Crippen LogP) is 9.76. The summed E-state index contributed by atoms with van der Waals surface area (Å²) in [5, 5.41) is 15.8. The number of hydrogen-bond acceptors (Lipinski definition) is 9. The first-order valence-electron chi connectivity index (χ1n) is 22.4. The molecule has 63 heavy (non-hydrogen) atoms. The lowest BCUT2D eigenvalue weighted by atomic mass is 9.85. The molecule has 1 saturated carbocycles. The Morgan fingerprint density at radius 3 is 2.40 bits per heavy atom. The van der Waals surface area contributed by atoms with Crippen LogP contribution in [0.4, 0.5) is 0 Å². The Labute approximate surface area is 377 Å². The van der Waals surface area contributed by atoms with Gasteiger partial charge in [-0.25, -0.2) is 5.09 Å². The number of para-hydroxylation sites is 1. The van der Waals surface area contributed by atoms with E-state index in [2.05, 4.69) is 52.6 Å². The van der Waals surface area contributed by atoms with E-state index in [1.54, 1.807) is 38.2 Å². The molecular weight excluding hydrogens is 834 g/mol. The van der Waals surface area contributed by atoms with Gasteiger partial charge in [-0.1, -0.05) is 81.3 Å². The molecule has 5 atom stereocenters. The first-order chi connectivity index (χ1) is 30.4. The van der Waals surface area contributed by atoms with Crippen LogP contribution in [0.1, 0.15) is 118 Å². The first-order valence-corrected chi connectivity index (χ1v) is 25.1. The molecule has 1 aliphatic carbocycles. The average Bonchev–Trinajstić information content (AvgIpc) is 3.65. The summed E-state index contributed by atoms with van der Waals surface area (Å²) in [6.07, 6.45) is 10.6. The van der Waals surface area contributed by atoms with Crippen LogP contribution in [0, 0.1) is 24.2 Å². The molecule has 1 aromatic heterocycles. The number of ether oxygens (including phenoxy) is 1. The van der Waals surface area contributed by atoms with Gasteiger partial charge in [-0.15, -0.1) is 11.3 Å². The van der Waals surface area contributed by atoms with Crippen molar-refractivity contribution in [3.8, 4) is 11.8 Å². The molecule has 0 bridgehead atoms. The van der Waals surface area contributed by atoms with Crippen molar-refractivity contribution in [1.29, 1.82) is 5.26 Å². The molecule has 4 aromatic rings. The molecule has 8 rings (SSSR count). The van der Waals surface area contributed by atoms with E-state index in [0.29, 0.717) is 42.1 Å². The third-order valence-corrected chi connectivity index (χ3v) is 15.1. The quantitative estimate of drug-likeness (QED) is 0.0803. The van der Waals surface area contributed by atoms with Crippen molar-refractivity contribution in [3.63, 3.8) is 0 Å². The summed E-state index contributed by atoms with van der Waals surface area (Å²) in [5.74, 6) is 0.342. The smallest absolute Gasteiger partial charge is 0.323 e. The largest absolute Gasteiger partial charge is 0.465 e. The van der Waals surface area contributed by atoms with Gasteiger partial charge >= 0.3 is 13.5 Å². The van der Waals surface area contributed by atoms with Crippen LogP contribution in [0.15, 0.2) is 78.9 Å². The number of aryl methyl sites for hydroxylation is 1. The van der Waals surface area contributed by atoms with Crippen LogP contribution in [0.25, 0.3) is 10.1 Å². The van der Waals surface area contributed by atoms with E-state index in [1.807, 2.05) is 56.0 Å². The van der Waals surface area contributed by atoms with Gasteiger partial charge in [-0.05, 0) is 106 Å². The van der Waals surface area contributed by atoms with E-state index in [-0.39, 0.29) is 29.4 Å². The van der Waals surface area contributed by atoms with Crippen LogP contribution in [-0.2, 0) is 29.8 Å². The molecule has 3 amide bonds. The summed E-state index contributed by atoms with van der Waals surface area (Å²) in [6.45, 7) is 11.6. The summed E-state index contributed by atoms with van der Waals surface area (Å²) in [5.41, 5.74) is 3.02. The summed E-state index contributed by atoms with van der Waals surface area (Å²) >= 11 is 1.39. The topological polar surface area (TPSA) is 158 Å². The minimum atomic E-state index is -3.53. The Hall–Kier alpha value is -5.02. The molecule has 3 saturated heterocycles. The monoisotopic (exact) mass is 897 g/mol. The van der Waals surface area contributed by atoms with Gasteiger partial charge < -0.3 is 24.4 Å². The Kier molecular flexibility index (Phi) is 17.9. The average molecular weight is 898 g/mol. The van der Waals surface area contributed by atoms with Gasteiger partial charge in [0.2, 0.25) is 12.3 Å². The molecule has 3 aromatic carbocycles. The molecule has 4 fully saturated rings. The highest BCUT2D eigenvalue weighted by Gasteiger charge is 2.61. The number of benzene rings is 3. The Bertz CT molecular complexity index is 2240. The van der Waals surface area contributed by atoms with Crippen molar-refractivity contribution in [2.45, 2.75) is 122 Å². The maximum Gasteiger partial charge on any atom is 0.323 e. The molecular formula is C49H64N5O7PS. The second kappa shape index (κ2) is 23.1. The molecule has 3 aliphatic heterocycles. The lowest BCUT2D eigenvalue weighted by Crippen LogP contribution is -2.35. The zero-order valence-corrected chi connectivity index (χ0v) is 39.4. The summed E-state index contributed by atoms with van der Waals surface area (Å²) in [7, 11) is -1.94. The minimum Gasteiger partial charge on any atom is -0.465 e. The van der Waals surface area contributed by atoms with E-state index >= 15 is 0 Å². The summed E-state index contributed by atoms with van der Waals surface area (Å²) < 4.78 is 25.8. The zero-order valence-electron chi connectivity index (χ0n) is 37.6. The molecule has 4 heterocycles. The number of rotatable bonds is 12. The second-order valence-electron chi connectivity index (χ2n) is 16.4. The molecule has 14 heteroatoms. The van der Waals surface area contributed by atoms with Gasteiger partial charge in [-0.3, -0.25) is 23.7 Å². The van der Waals surface area contributed by atoms with Gasteiger partial charge in [0.25, 0.3) is 5.91 Å². The summed E-state index contributed by atoms with van der Waals surface area (Å²) in [4.78, 5) is 51.4. The number of nitrogens with zero attached hydrogens (tertiary/aromatic N) is 3. The van der Waals surface area contributed by atoms with Gasteiger partial charge in [0.05, 0.1) is 35.2 Å². The van der Waals surface area contributed by atoms with E-state index in [0.717, 1.165) is 54.3 Å². The molecule has 4 unspecified atom stereocenters. The van der Waals surface area contributed by atoms with Crippen molar-refractivity contribution < 1.29 is 33.0 Å². The highest BCUT2D eigenvalue weighted by Crippen LogP contribution is 2.57. The molecule has 338 valence electrons. The van der Waals surface area contributed by atoms with Crippen LogP contribution in [-0.4, -0.2) is 78.4 Å². The standard InChI is InChI=1S/C23H27N2O5PS.C15H16N2O.C9H15NO.C2H6/c1-4-12-29-23(27)16(2)25-31(28,30-19-8-6-5-7-9-19)15-17-10-11-20-18(13-17)14-21(32-20)22(26)24-3;1-11-2-4-12(5-3-11)13-9-17(10-18)15(6-7-15)14(13)8-16;11-9-6-2-1-4-8-5-3-7-10(8)9;1-2/h5-11,13-14,16H,4,12,15H2,1-3H3,(H,24,26)(H,25,28);2-5,10,13-14H,6-7,9H2,1H3;8H,1-7H2;1-2H3/t;;8-;/m..0./s1. The molecule has 12 nitrogen and oxygen atoms in total. The highest BCUT2D eigenvalue weighted by atomic mass is 32.1. The lowest BCUT2D eigenvalue weighted by molar-refractivity contribution is -0.145. The molecule has 0 radical (unpaired) electrons. The number of amides is 3. The Balaban J connectivity index is 0.000000200. The van der Waals surface area contributed by atoms with Gasteiger partial charge in [0.1, 0.15) is 11.8 Å².